The summed E-state index contributed by atoms with van der Waals surface area (Å²) in [5.74, 6) is 1.13. The highest BCUT2D eigenvalue weighted by Gasteiger charge is 2.13. The van der Waals surface area contributed by atoms with Crippen LogP contribution in [0.1, 0.15) is 18.1 Å². The third-order valence-corrected chi connectivity index (χ3v) is 5.75. The maximum absolute atomic E-state index is 9.70. The zero-order chi connectivity index (χ0) is 21.7. The van der Waals surface area contributed by atoms with E-state index in [9.17, 15) is 5.11 Å². The summed E-state index contributed by atoms with van der Waals surface area (Å²) in [6, 6.07) is 14.5. The van der Waals surface area contributed by atoms with Crippen LogP contribution in [0.2, 0.25) is 15.1 Å². The Morgan fingerprint density at radius 1 is 0.967 bits per heavy atom. The van der Waals surface area contributed by atoms with Gasteiger partial charge in [-0.15, -0.1) is 0 Å². The summed E-state index contributed by atoms with van der Waals surface area (Å²) < 4.78 is 12.6. The Morgan fingerprint density at radius 2 is 1.67 bits per heavy atom. The molecule has 0 aromatic heterocycles. The van der Waals surface area contributed by atoms with E-state index in [0.717, 1.165) is 15.6 Å². The van der Waals surface area contributed by atoms with Crippen LogP contribution >= 0.6 is 50.7 Å². The first-order valence-corrected chi connectivity index (χ1v) is 11.0. The number of rotatable bonds is 8. The lowest BCUT2D eigenvalue weighted by molar-refractivity contribution is 0.269. The van der Waals surface area contributed by atoms with E-state index in [-0.39, 0.29) is 15.8 Å². The molecule has 0 atom stereocenters. The van der Waals surface area contributed by atoms with E-state index in [4.69, 9.17) is 44.3 Å². The highest BCUT2D eigenvalue weighted by atomic mass is 79.9. The quantitative estimate of drug-likeness (QED) is 0.293. The zero-order valence-electron chi connectivity index (χ0n) is 16.0. The summed E-state index contributed by atoms with van der Waals surface area (Å²) in [6.07, 6.45) is 0. The number of halogens is 4. The summed E-state index contributed by atoms with van der Waals surface area (Å²) in [5, 5.41) is 14.0. The lowest BCUT2D eigenvalue weighted by Gasteiger charge is -2.16. The van der Waals surface area contributed by atoms with Gasteiger partial charge in [0.05, 0.1) is 16.7 Å². The van der Waals surface area contributed by atoms with E-state index in [1.54, 1.807) is 12.1 Å². The van der Waals surface area contributed by atoms with E-state index in [2.05, 4.69) is 21.2 Å². The van der Waals surface area contributed by atoms with Crippen LogP contribution in [0.15, 0.2) is 53.0 Å². The number of aromatic hydroxyl groups is 1. The Kier molecular flexibility index (Phi) is 8.00. The Balaban J connectivity index is 1.76. The number of ether oxygens (including phenoxy) is 2. The van der Waals surface area contributed by atoms with Crippen molar-refractivity contribution in [3.05, 3.63) is 79.2 Å². The van der Waals surface area contributed by atoms with Crippen LogP contribution in [0, 0.1) is 0 Å². The molecule has 0 amide bonds. The van der Waals surface area contributed by atoms with Crippen LogP contribution < -0.4 is 14.8 Å². The van der Waals surface area contributed by atoms with E-state index in [1.165, 1.54) is 0 Å². The van der Waals surface area contributed by atoms with Crippen molar-refractivity contribution >= 4 is 56.4 Å². The molecule has 158 valence electrons. The first kappa shape index (κ1) is 22.9. The molecule has 0 heterocycles. The van der Waals surface area contributed by atoms with Crippen molar-refractivity contribution in [3.8, 4) is 17.2 Å². The van der Waals surface area contributed by atoms with Gasteiger partial charge in [-0.2, -0.15) is 0 Å². The first-order valence-electron chi connectivity index (χ1n) is 9.11. The molecule has 3 aromatic carbocycles. The van der Waals surface area contributed by atoms with E-state index < -0.39 is 0 Å². The summed E-state index contributed by atoms with van der Waals surface area (Å²) >= 11 is 21.6. The van der Waals surface area contributed by atoms with Crippen molar-refractivity contribution in [1.29, 1.82) is 0 Å². The maximum atomic E-state index is 9.70. The molecule has 0 saturated heterocycles. The van der Waals surface area contributed by atoms with Crippen LogP contribution in [-0.2, 0) is 13.2 Å². The largest absolute Gasteiger partial charge is 0.505 e. The molecule has 0 unspecified atom stereocenters. The van der Waals surface area contributed by atoms with Gasteiger partial charge >= 0.3 is 0 Å². The molecule has 8 heteroatoms. The van der Waals surface area contributed by atoms with Crippen molar-refractivity contribution in [2.75, 3.05) is 11.9 Å². The minimum absolute atomic E-state index is 0.134. The van der Waals surface area contributed by atoms with Gasteiger partial charge in [-0.25, -0.2) is 0 Å². The Morgan fingerprint density at radius 3 is 2.33 bits per heavy atom. The molecule has 0 fully saturated rings. The minimum Gasteiger partial charge on any atom is -0.505 e. The van der Waals surface area contributed by atoms with Gasteiger partial charge in [0.1, 0.15) is 6.61 Å². The lowest BCUT2D eigenvalue weighted by Crippen LogP contribution is -2.04. The second-order valence-electron chi connectivity index (χ2n) is 6.38. The fourth-order valence-corrected chi connectivity index (χ4v) is 3.91. The Labute approximate surface area is 198 Å². The molecule has 0 aliphatic rings. The number of hydrogen-bond donors (Lipinski definition) is 2. The average molecular weight is 532 g/mol. The molecule has 0 bridgehead atoms. The third kappa shape index (κ3) is 5.88. The number of phenols is 1. The van der Waals surface area contributed by atoms with Gasteiger partial charge in [-0.1, -0.05) is 62.9 Å². The van der Waals surface area contributed by atoms with Gasteiger partial charge in [-0.3, -0.25) is 0 Å². The van der Waals surface area contributed by atoms with Crippen molar-refractivity contribution < 1.29 is 14.6 Å². The highest BCUT2D eigenvalue weighted by molar-refractivity contribution is 9.10. The second kappa shape index (κ2) is 10.5. The molecular weight excluding hydrogens is 513 g/mol. The molecule has 4 nitrogen and oxygen atoms in total. The van der Waals surface area contributed by atoms with E-state index >= 15 is 0 Å². The molecule has 2 N–H and O–H groups in total. The minimum atomic E-state index is -0.134. The van der Waals surface area contributed by atoms with Gasteiger partial charge < -0.3 is 19.9 Å². The summed E-state index contributed by atoms with van der Waals surface area (Å²) in [7, 11) is 0. The van der Waals surface area contributed by atoms with Gasteiger partial charge in [0.2, 0.25) is 0 Å². The van der Waals surface area contributed by atoms with E-state index in [0.29, 0.717) is 42.0 Å². The molecular formula is C22H19BrCl3NO3. The van der Waals surface area contributed by atoms with Gasteiger partial charge in [0, 0.05) is 21.7 Å². The number of hydrogen-bond acceptors (Lipinski definition) is 4. The number of benzene rings is 3. The average Bonchev–Trinajstić information content (AvgIpc) is 2.71. The smallest absolute Gasteiger partial charge is 0.162 e. The standard InChI is InChI=1S/C22H19BrCl3NO3/c1-2-29-20-7-14(11-27-16-8-18(25)22(28)19(26)9-16)17(23)10-21(20)30-12-13-4-3-5-15(24)6-13/h3-10,27-28H,2,11-12H2,1H3. The summed E-state index contributed by atoms with van der Waals surface area (Å²) in [4.78, 5) is 0. The van der Waals surface area contributed by atoms with Crippen LogP contribution in [0.4, 0.5) is 5.69 Å². The summed E-state index contributed by atoms with van der Waals surface area (Å²) in [6.45, 7) is 3.27. The molecule has 0 saturated carbocycles. The predicted octanol–water partition coefficient (Wildman–Crippen LogP) is 7.70. The molecule has 0 aliphatic carbocycles. The van der Waals surface area contributed by atoms with Crippen molar-refractivity contribution in [2.24, 2.45) is 0 Å². The molecule has 0 aliphatic heterocycles. The zero-order valence-corrected chi connectivity index (χ0v) is 19.9. The molecule has 0 radical (unpaired) electrons. The van der Waals surface area contributed by atoms with Crippen LogP contribution in [0.3, 0.4) is 0 Å². The van der Waals surface area contributed by atoms with Crippen molar-refractivity contribution in [1.82, 2.24) is 0 Å². The third-order valence-electron chi connectivity index (χ3n) is 4.20. The SMILES string of the molecule is CCOc1cc(CNc2cc(Cl)c(O)c(Cl)c2)c(Br)cc1OCc1cccc(Cl)c1. The normalized spacial score (nSPS) is 10.7. The van der Waals surface area contributed by atoms with Gasteiger partial charge in [0.25, 0.3) is 0 Å². The van der Waals surface area contributed by atoms with Gasteiger partial charge in [0.15, 0.2) is 17.2 Å². The van der Waals surface area contributed by atoms with Crippen LogP contribution in [-0.4, -0.2) is 11.7 Å². The first-order chi connectivity index (χ1) is 14.4. The number of anilines is 1. The monoisotopic (exact) mass is 529 g/mol. The molecule has 30 heavy (non-hydrogen) atoms. The van der Waals surface area contributed by atoms with Crippen molar-refractivity contribution in [2.45, 2.75) is 20.1 Å². The Bertz CT molecular complexity index is 1020. The molecule has 0 spiro atoms. The fourth-order valence-electron chi connectivity index (χ4n) is 2.75. The maximum Gasteiger partial charge on any atom is 0.162 e. The molecule has 3 aromatic rings. The number of phenolic OH excluding ortho intramolecular Hbond substituents is 1. The summed E-state index contributed by atoms with van der Waals surface area (Å²) in [5.41, 5.74) is 2.61. The lowest BCUT2D eigenvalue weighted by atomic mass is 10.2. The highest BCUT2D eigenvalue weighted by Crippen LogP contribution is 2.37. The van der Waals surface area contributed by atoms with Gasteiger partial charge in [-0.05, 0) is 54.4 Å². The Hall–Kier alpha value is -1.79. The predicted molar refractivity (Wildman–Crippen MR) is 127 cm³/mol. The van der Waals surface area contributed by atoms with E-state index in [1.807, 2.05) is 43.3 Å². The second-order valence-corrected chi connectivity index (χ2v) is 8.49. The van der Waals surface area contributed by atoms with Crippen molar-refractivity contribution in [3.63, 3.8) is 0 Å². The fraction of sp³-hybridized carbons (Fsp3) is 0.182. The van der Waals surface area contributed by atoms with Crippen LogP contribution in [0.25, 0.3) is 0 Å². The molecule has 3 rings (SSSR count). The number of nitrogens with one attached hydrogen (secondary N) is 1. The van der Waals surface area contributed by atoms with Crippen LogP contribution in [0.5, 0.6) is 17.2 Å². The topological polar surface area (TPSA) is 50.7 Å².